The van der Waals surface area contributed by atoms with Crippen molar-refractivity contribution in [1.29, 1.82) is 0 Å². The molecule has 1 aliphatic rings. The standard InChI is InChI=1S/C15H14BrNOS/c16-12-5-8-19-13(12)9-14(18)15(6-7-15)10-1-3-11(17)4-2-10/h1-5,8H,6-7,9,17H2. The van der Waals surface area contributed by atoms with E-state index in [0.29, 0.717) is 12.2 Å². The molecule has 19 heavy (non-hydrogen) atoms. The molecule has 98 valence electrons. The zero-order chi connectivity index (χ0) is 13.5. The predicted octanol–water partition coefficient (Wildman–Crippen LogP) is 3.94. The highest BCUT2D eigenvalue weighted by Crippen LogP contribution is 2.50. The van der Waals surface area contributed by atoms with Gasteiger partial charge in [-0.2, -0.15) is 0 Å². The summed E-state index contributed by atoms with van der Waals surface area (Å²) in [6.45, 7) is 0. The van der Waals surface area contributed by atoms with Crippen molar-refractivity contribution in [3.05, 3.63) is 50.6 Å². The van der Waals surface area contributed by atoms with Crippen LogP contribution in [0.15, 0.2) is 40.2 Å². The maximum absolute atomic E-state index is 12.6. The van der Waals surface area contributed by atoms with Crippen molar-refractivity contribution in [2.75, 3.05) is 5.73 Å². The third-order valence-corrected chi connectivity index (χ3v) is 5.69. The van der Waals surface area contributed by atoms with Gasteiger partial charge in [-0.1, -0.05) is 12.1 Å². The lowest BCUT2D eigenvalue weighted by Crippen LogP contribution is -2.22. The number of benzene rings is 1. The van der Waals surface area contributed by atoms with Crippen molar-refractivity contribution in [1.82, 2.24) is 0 Å². The second-order valence-corrected chi connectivity index (χ2v) is 6.85. The molecule has 0 amide bonds. The smallest absolute Gasteiger partial charge is 0.148 e. The summed E-state index contributed by atoms with van der Waals surface area (Å²) in [7, 11) is 0. The van der Waals surface area contributed by atoms with Crippen LogP contribution in [-0.4, -0.2) is 5.78 Å². The molecule has 1 aromatic carbocycles. The Morgan fingerprint density at radius 2 is 1.95 bits per heavy atom. The van der Waals surface area contributed by atoms with Crippen molar-refractivity contribution >= 4 is 38.7 Å². The van der Waals surface area contributed by atoms with E-state index in [4.69, 9.17) is 5.73 Å². The first kappa shape index (κ1) is 12.9. The summed E-state index contributed by atoms with van der Waals surface area (Å²) in [6.07, 6.45) is 2.43. The highest BCUT2D eigenvalue weighted by Gasteiger charge is 2.50. The summed E-state index contributed by atoms with van der Waals surface area (Å²) >= 11 is 5.12. The van der Waals surface area contributed by atoms with E-state index in [-0.39, 0.29) is 5.41 Å². The number of ketones is 1. The molecule has 2 nitrogen and oxygen atoms in total. The number of rotatable bonds is 4. The first-order valence-electron chi connectivity index (χ1n) is 6.23. The van der Waals surface area contributed by atoms with E-state index in [1.807, 2.05) is 35.7 Å². The average Bonchev–Trinajstić information content (AvgIpc) is 3.11. The Labute approximate surface area is 124 Å². The summed E-state index contributed by atoms with van der Waals surface area (Å²) in [5, 5.41) is 2.01. The molecular weight excluding hydrogens is 322 g/mol. The van der Waals surface area contributed by atoms with Gasteiger partial charge in [-0.3, -0.25) is 4.79 Å². The molecule has 0 radical (unpaired) electrons. The van der Waals surface area contributed by atoms with Gasteiger partial charge in [-0.05, 0) is 57.9 Å². The van der Waals surface area contributed by atoms with Crippen molar-refractivity contribution in [3.63, 3.8) is 0 Å². The maximum Gasteiger partial charge on any atom is 0.148 e. The fourth-order valence-electron chi connectivity index (χ4n) is 2.42. The fourth-order valence-corrected chi connectivity index (χ4v) is 3.91. The Morgan fingerprint density at radius 1 is 1.26 bits per heavy atom. The molecule has 1 aromatic heterocycles. The number of hydrogen-bond donors (Lipinski definition) is 1. The molecule has 0 atom stereocenters. The fraction of sp³-hybridized carbons (Fsp3) is 0.267. The molecule has 0 spiro atoms. The van der Waals surface area contributed by atoms with Crippen LogP contribution in [0.3, 0.4) is 0 Å². The highest BCUT2D eigenvalue weighted by molar-refractivity contribution is 9.10. The van der Waals surface area contributed by atoms with Crippen LogP contribution in [-0.2, 0) is 16.6 Å². The summed E-state index contributed by atoms with van der Waals surface area (Å²) in [4.78, 5) is 13.7. The third-order valence-electron chi connectivity index (χ3n) is 3.76. The Morgan fingerprint density at radius 3 is 2.47 bits per heavy atom. The van der Waals surface area contributed by atoms with Gasteiger partial charge in [0.2, 0.25) is 0 Å². The van der Waals surface area contributed by atoms with Crippen LogP contribution in [0.1, 0.15) is 23.3 Å². The quantitative estimate of drug-likeness (QED) is 0.860. The number of anilines is 1. The van der Waals surface area contributed by atoms with Gasteiger partial charge in [0.1, 0.15) is 5.78 Å². The molecule has 4 heteroatoms. The molecule has 1 fully saturated rings. The molecule has 0 unspecified atom stereocenters. The Hall–Kier alpha value is -1.13. The van der Waals surface area contributed by atoms with E-state index in [0.717, 1.165) is 33.4 Å². The molecule has 1 saturated carbocycles. The van der Waals surface area contributed by atoms with Gasteiger partial charge >= 0.3 is 0 Å². The van der Waals surface area contributed by atoms with E-state index in [2.05, 4.69) is 15.9 Å². The summed E-state index contributed by atoms with van der Waals surface area (Å²) < 4.78 is 1.04. The minimum atomic E-state index is -0.253. The van der Waals surface area contributed by atoms with E-state index in [1.165, 1.54) is 0 Å². The molecule has 1 heterocycles. The van der Waals surface area contributed by atoms with Crippen LogP contribution in [0.5, 0.6) is 0 Å². The number of halogens is 1. The second kappa shape index (κ2) is 4.76. The minimum absolute atomic E-state index is 0.253. The third kappa shape index (κ3) is 2.35. The van der Waals surface area contributed by atoms with E-state index < -0.39 is 0 Å². The van der Waals surface area contributed by atoms with Crippen LogP contribution < -0.4 is 5.73 Å². The largest absolute Gasteiger partial charge is 0.399 e. The van der Waals surface area contributed by atoms with Crippen molar-refractivity contribution in [2.45, 2.75) is 24.7 Å². The van der Waals surface area contributed by atoms with Gasteiger partial charge in [0.05, 0.1) is 5.41 Å². The number of carbonyl (C=O) groups excluding carboxylic acids is 1. The van der Waals surface area contributed by atoms with Gasteiger partial charge in [-0.15, -0.1) is 11.3 Å². The molecule has 2 N–H and O–H groups in total. The molecule has 2 aromatic rings. The van der Waals surface area contributed by atoms with Crippen molar-refractivity contribution in [2.24, 2.45) is 0 Å². The van der Waals surface area contributed by atoms with Crippen LogP contribution in [0.4, 0.5) is 5.69 Å². The minimum Gasteiger partial charge on any atom is -0.399 e. The monoisotopic (exact) mass is 335 g/mol. The Bertz CT molecular complexity index is 613. The van der Waals surface area contributed by atoms with Crippen molar-refractivity contribution < 1.29 is 4.79 Å². The predicted molar refractivity (Wildman–Crippen MR) is 82.5 cm³/mol. The van der Waals surface area contributed by atoms with E-state index >= 15 is 0 Å². The SMILES string of the molecule is Nc1ccc(C2(C(=O)Cc3sccc3Br)CC2)cc1. The molecule has 1 aliphatic carbocycles. The zero-order valence-electron chi connectivity index (χ0n) is 10.4. The highest BCUT2D eigenvalue weighted by atomic mass is 79.9. The van der Waals surface area contributed by atoms with E-state index in [9.17, 15) is 4.79 Å². The number of nitrogen functional groups attached to an aromatic ring is 1. The molecule has 0 aliphatic heterocycles. The second-order valence-electron chi connectivity index (χ2n) is 5.00. The van der Waals surface area contributed by atoms with Crippen molar-refractivity contribution in [3.8, 4) is 0 Å². The summed E-state index contributed by atoms with van der Waals surface area (Å²) in [5.41, 5.74) is 7.31. The lowest BCUT2D eigenvalue weighted by molar-refractivity contribution is -0.120. The number of nitrogens with two attached hydrogens (primary N) is 1. The van der Waals surface area contributed by atoms with Crippen LogP contribution in [0.25, 0.3) is 0 Å². The topological polar surface area (TPSA) is 43.1 Å². The van der Waals surface area contributed by atoms with Gasteiger partial charge in [0, 0.05) is 21.5 Å². The van der Waals surface area contributed by atoms with Gasteiger partial charge in [0.15, 0.2) is 0 Å². The normalized spacial score (nSPS) is 16.3. The zero-order valence-corrected chi connectivity index (χ0v) is 12.8. The number of Topliss-reactive ketones (excluding diaryl/α,β-unsaturated/α-hetero) is 1. The molecule has 0 bridgehead atoms. The lowest BCUT2D eigenvalue weighted by atomic mass is 9.89. The summed E-state index contributed by atoms with van der Waals surface area (Å²) in [6, 6.07) is 9.73. The Kier molecular flexibility index (Phi) is 3.23. The molecule has 0 saturated heterocycles. The number of thiophene rings is 1. The number of hydrogen-bond acceptors (Lipinski definition) is 3. The average molecular weight is 336 g/mol. The number of carbonyl (C=O) groups is 1. The first-order chi connectivity index (χ1) is 9.12. The van der Waals surface area contributed by atoms with Gasteiger partial charge in [-0.25, -0.2) is 0 Å². The summed E-state index contributed by atoms with van der Waals surface area (Å²) in [5.74, 6) is 0.320. The maximum atomic E-state index is 12.6. The van der Waals surface area contributed by atoms with Crippen LogP contribution >= 0.6 is 27.3 Å². The Balaban J connectivity index is 1.83. The molecular formula is C15H14BrNOS. The first-order valence-corrected chi connectivity index (χ1v) is 7.90. The van der Waals surface area contributed by atoms with Crippen LogP contribution in [0, 0.1) is 0 Å². The van der Waals surface area contributed by atoms with Crippen LogP contribution in [0.2, 0.25) is 0 Å². The van der Waals surface area contributed by atoms with E-state index in [1.54, 1.807) is 11.3 Å². The lowest BCUT2D eigenvalue weighted by Gasteiger charge is -2.14. The van der Waals surface area contributed by atoms with Gasteiger partial charge in [0.25, 0.3) is 0 Å². The van der Waals surface area contributed by atoms with Gasteiger partial charge < -0.3 is 5.73 Å². The molecule has 3 rings (SSSR count).